The second-order valence-electron chi connectivity index (χ2n) is 9.98. The number of dihydropyridines is 1. The van der Waals surface area contributed by atoms with Gasteiger partial charge in [-0.05, 0) is 58.3 Å². The number of esters is 1. The summed E-state index contributed by atoms with van der Waals surface area (Å²) in [5.74, 6) is -0.830. The fraction of sp³-hybridized carbons (Fsp3) is 0.552. The van der Waals surface area contributed by atoms with Crippen molar-refractivity contribution < 1.29 is 33.7 Å². The number of nitrogens with zero attached hydrogens (tertiary/aromatic N) is 2. The summed E-state index contributed by atoms with van der Waals surface area (Å²) in [7, 11) is 4.21. The van der Waals surface area contributed by atoms with Crippen LogP contribution in [-0.4, -0.2) is 93.3 Å². The van der Waals surface area contributed by atoms with Gasteiger partial charge in [0.15, 0.2) is 11.5 Å². The highest BCUT2D eigenvalue weighted by Gasteiger charge is 2.34. The first-order chi connectivity index (χ1) is 19.2. The van der Waals surface area contributed by atoms with E-state index in [2.05, 4.69) is 15.5 Å². The standard InChI is InChI=1S/C29H42N4O7/c1-7-21-24(18(2)31-19(3)25(21)29(37)40-6)27(35)30-10-8-11-32-12-9-13-33(15-14-32)28(36)20-16-22(38-4)26(34)23(17-20)39-5/h16-17,21,31,34H,7-15H2,1-6H3,(H,30,35). The average molecular weight is 559 g/mol. The number of phenols is 1. The van der Waals surface area contributed by atoms with E-state index >= 15 is 0 Å². The van der Waals surface area contributed by atoms with Crippen molar-refractivity contribution in [2.45, 2.75) is 40.0 Å². The van der Waals surface area contributed by atoms with Gasteiger partial charge in [-0.15, -0.1) is 0 Å². The van der Waals surface area contributed by atoms with Gasteiger partial charge in [-0.2, -0.15) is 0 Å². The number of methoxy groups -OCH3 is 3. The molecular formula is C29H42N4O7. The molecule has 1 fully saturated rings. The molecule has 0 bridgehead atoms. The van der Waals surface area contributed by atoms with Crippen molar-refractivity contribution >= 4 is 17.8 Å². The van der Waals surface area contributed by atoms with E-state index in [1.807, 2.05) is 20.8 Å². The largest absolute Gasteiger partial charge is 0.502 e. The van der Waals surface area contributed by atoms with Crippen LogP contribution in [0, 0.1) is 5.92 Å². The summed E-state index contributed by atoms with van der Waals surface area (Å²) >= 11 is 0. The molecule has 2 aliphatic rings. The van der Waals surface area contributed by atoms with Gasteiger partial charge in [-0.25, -0.2) is 4.79 Å². The molecule has 0 aromatic heterocycles. The predicted molar refractivity (Wildman–Crippen MR) is 150 cm³/mol. The van der Waals surface area contributed by atoms with Gasteiger partial charge in [0.25, 0.3) is 5.91 Å². The molecule has 2 heterocycles. The van der Waals surface area contributed by atoms with Crippen molar-refractivity contribution in [1.82, 2.24) is 20.4 Å². The molecule has 1 unspecified atom stereocenters. The van der Waals surface area contributed by atoms with Crippen LogP contribution in [0.2, 0.25) is 0 Å². The first-order valence-electron chi connectivity index (χ1n) is 13.7. The second kappa shape index (κ2) is 14.1. The lowest BCUT2D eigenvalue weighted by Crippen LogP contribution is -2.38. The van der Waals surface area contributed by atoms with Crippen molar-refractivity contribution in [1.29, 1.82) is 0 Å². The SMILES string of the molecule is CCC1C(C(=O)NCCCN2CCCN(C(=O)c3cc(OC)c(O)c(OC)c3)CC2)=C(C)NC(C)=C1C(=O)OC. The first-order valence-corrected chi connectivity index (χ1v) is 13.7. The monoisotopic (exact) mass is 558 g/mol. The van der Waals surface area contributed by atoms with Crippen LogP contribution in [0.3, 0.4) is 0 Å². The molecule has 1 aromatic carbocycles. The highest BCUT2D eigenvalue weighted by molar-refractivity contribution is 6.00. The van der Waals surface area contributed by atoms with Crippen LogP contribution in [0.25, 0.3) is 0 Å². The van der Waals surface area contributed by atoms with E-state index in [0.717, 1.165) is 31.6 Å². The molecule has 220 valence electrons. The number of hydrogen-bond donors (Lipinski definition) is 3. The highest BCUT2D eigenvalue weighted by Crippen LogP contribution is 2.37. The van der Waals surface area contributed by atoms with Gasteiger partial charge in [-0.1, -0.05) is 6.92 Å². The summed E-state index contributed by atoms with van der Waals surface area (Å²) in [4.78, 5) is 42.8. The number of aromatic hydroxyl groups is 1. The average Bonchev–Trinajstić information content (AvgIpc) is 3.19. The van der Waals surface area contributed by atoms with Crippen molar-refractivity contribution in [2.24, 2.45) is 5.92 Å². The van der Waals surface area contributed by atoms with E-state index in [-0.39, 0.29) is 35.0 Å². The third-order valence-corrected chi connectivity index (χ3v) is 7.48. The Morgan fingerprint density at radius 2 is 1.65 bits per heavy atom. The summed E-state index contributed by atoms with van der Waals surface area (Å²) in [6.07, 6.45) is 2.18. The number of nitrogens with one attached hydrogen (secondary N) is 2. The molecule has 1 atom stereocenters. The molecule has 0 radical (unpaired) electrons. The molecule has 1 aromatic rings. The topological polar surface area (TPSA) is 130 Å². The van der Waals surface area contributed by atoms with E-state index in [4.69, 9.17) is 14.2 Å². The second-order valence-corrected chi connectivity index (χ2v) is 9.98. The quantitative estimate of drug-likeness (QED) is 0.293. The Kier molecular flexibility index (Phi) is 10.8. The maximum Gasteiger partial charge on any atom is 0.336 e. The maximum absolute atomic E-state index is 13.2. The predicted octanol–water partition coefficient (Wildman–Crippen LogP) is 2.41. The van der Waals surface area contributed by atoms with Crippen molar-refractivity contribution in [3.8, 4) is 17.2 Å². The lowest BCUT2D eigenvalue weighted by Gasteiger charge is -2.29. The third-order valence-electron chi connectivity index (χ3n) is 7.48. The van der Waals surface area contributed by atoms with Gasteiger partial charge in [0.2, 0.25) is 11.7 Å². The minimum Gasteiger partial charge on any atom is -0.502 e. The molecule has 0 spiro atoms. The molecule has 40 heavy (non-hydrogen) atoms. The number of ether oxygens (including phenoxy) is 3. The Morgan fingerprint density at radius 1 is 1.00 bits per heavy atom. The molecular weight excluding hydrogens is 516 g/mol. The van der Waals surface area contributed by atoms with Crippen molar-refractivity contribution in [3.63, 3.8) is 0 Å². The van der Waals surface area contributed by atoms with E-state index in [1.165, 1.54) is 33.5 Å². The Morgan fingerprint density at radius 3 is 2.25 bits per heavy atom. The minimum atomic E-state index is -0.424. The number of allylic oxidation sites excluding steroid dienone is 2. The summed E-state index contributed by atoms with van der Waals surface area (Å²) in [6.45, 7) is 9.64. The summed E-state index contributed by atoms with van der Waals surface area (Å²) in [5, 5.41) is 16.3. The zero-order valence-corrected chi connectivity index (χ0v) is 24.4. The summed E-state index contributed by atoms with van der Waals surface area (Å²) < 4.78 is 15.3. The molecule has 0 saturated carbocycles. The molecule has 3 N–H and O–H groups in total. The first kappa shape index (κ1) is 30.8. The van der Waals surface area contributed by atoms with Gasteiger partial charge in [0.05, 0.1) is 26.9 Å². The van der Waals surface area contributed by atoms with Crippen LogP contribution in [0.5, 0.6) is 17.2 Å². The zero-order chi connectivity index (χ0) is 29.4. The zero-order valence-electron chi connectivity index (χ0n) is 24.4. The molecule has 11 nitrogen and oxygen atoms in total. The van der Waals surface area contributed by atoms with Gasteiger partial charge >= 0.3 is 5.97 Å². The number of benzene rings is 1. The fourth-order valence-electron chi connectivity index (χ4n) is 5.42. The lowest BCUT2D eigenvalue weighted by atomic mass is 9.83. The van der Waals surface area contributed by atoms with Crippen molar-refractivity contribution in [3.05, 3.63) is 40.2 Å². The number of amides is 2. The number of carbonyl (C=O) groups is 3. The molecule has 0 aliphatic carbocycles. The van der Waals surface area contributed by atoms with Crippen LogP contribution in [0.1, 0.15) is 50.4 Å². The Hall–Kier alpha value is -3.73. The van der Waals surface area contributed by atoms with Crippen LogP contribution >= 0.6 is 0 Å². The number of carbonyl (C=O) groups excluding carboxylic acids is 3. The van der Waals surface area contributed by atoms with Gasteiger partial charge in [0.1, 0.15) is 0 Å². The Balaban J connectivity index is 1.52. The van der Waals surface area contributed by atoms with Gasteiger partial charge in [-0.3, -0.25) is 9.59 Å². The highest BCUT2D eigenvalue weighted by atomic mass is 16.5. The van der Waals surface area contributed by atoms with E-state index < -0.39 is 5.97 Å². The minimum absolute atomic E-state index is 0.136. The molecule has 2 aliphatic heterocycles. The Bertz CT molecular complexity index is 1150. The number of phenolic OH excluding ortho intramolecular Hbond substituents is 1. The fourth-order valence-corrected chi connectivity index (χ4v) is 5.42. The molecule has 11 heteroatoms. The van der Waals surface area contributed by atoms with Crippen LogP contribution < -0.4 is 20.1 Å². The van der Waals surface area contributed by atoms with Crippen LogP contribution in [0.4, 0.5) is 0 Å². The van der Waals surface area contributed by atoms with Gasteiger partial charge < -0.3 is 39.8 Å². The van der Waals surface area contributed by atoms with E-state index in [9.17, 15) is 19.5 Å². The number of hydrogen-bond acceptors (Lipinski definition) is 9. The molecule has 1 saturated heterocycles. The van der Waals surface area contributed by atoms with Crippen molar-refractivity contribution in [2.75, 3.05) is 60.6 Å². The lowest BCUT2D eigenvalue weighted by molar-refractivity contribution is -0.136. The van der Waals surface area contributed by atoms with Crippen LogP contribution in [0.15, 0.2) is 34.7 Å². The maximum atomic E-state index is 13.2. The van der Waals surface area contributed by atoms with Gasteiger partial charge in [0, 0.05) is 54.6 Å². The third kappa shape index (κ3) is 6.88. The van der Waals surface area contributed by atoms with Crippen LogP contribution in [-0.2, 0) is 14.3 Å². The Labute approximate surface area is 236 Å². The summed E-state index contributed by atoms with van der Waals surface area (Å²) in [5.41, 5.74) is 2.92. The smallest absolute Gasteiger partial charge is 0.336 e. The summed E-state index contributed by atoms with van der Waals surface area (Å²) in [6, 6.07) is 3.05. The van der Waals surface area contributed by atoms with E-state index in [1.54, 1.807) is 4.90 Å². The molecule has 2 amide bonds. The number of rotatable bonds is 10. The van der Waals surface area contributed by atoms with E-state index in [0.29, 0.717) is 55.0 Å². The normalized spacial score (nSPS) is 18.1. The molecule has 3 rings (SSSR count).